The van der Waals surface area contributed by atoms with Gasteiger partial charge in [0.2, 0.25) is 0 Å². The van der Waals surface area contributed by atoms with Crippen molar-refractivity contribution in [2.75, 3.05) is 0 Å². The van der Waals surface area contributed by atoms with E-state index in [-0.39, 0.29) is 0 Å². The monoisotopic (exact) mass is 286 g/mol. The fourth-order valence-corrected chi connectivity index (χ4v) is 3.68. The lowest BCUT2D eigenvalue weighted by Crippen LogP contribution is -1.81. The van der Waals surface area contributed by atoms with E-state index in [9.17, 15) is 0 Å². The Morgan fingerprint density at radius 1 is 1.36 bits per heavy atom. The summed E-state index contributed by atoms with van der Waals surface area (Å²) in [5, 5.41) is 4.53. The molecule has 1 aromatic carbocycles. The number of hydrogen-bond acceptors (Lipinski definition) is 2. The molecule has 0 aliphatic heterocycles. The van der Waals surface area contributed by atoms with Crippen LogP contribution in [0.1, 0.15) is 18.1 Å². The number of thiophene rings is 1. The van der Waals surface area contributed by atoms with Gasteiger partial charge in [-0.25, -0.2) is 0 Å². The predicted molar refractivity (Wildman–Crippen MR) is 71.1 cm³/mol. The van der Waals surface area contributed by atoms with Crippen LogP contribution < -0.4 is 0 Å². The molecule has 0 aliphatic rings. The van der Waals surface area contributed by atoms with Gasteiger partial charge in [0.1, 0.15) is 0 Å². The standard InChI is InChI=1S/C11H11BrS2/c1-2-7-6-14-11-8(5-12)3-9(13)4-10(7)11/h3-4,6,13H,2,5H2,1H3. The summed E-state index contributed by atoms with van der Waals surface area (Å²) in [7, 11) is 0. The second kappa shape index (κ2) is 4.25. The zero-order chi connectivity index (χ0) is 10.1. The van der Waals surface area contributed by atoms with Gasteiger partial charge in [0.15, 0.2) is 0 Å². The van der Waals surface area contributed by atoms with Crippen LogP contribution in [-0.4, -0.2) is 0 Å². The lowest BCUT2D eigenvalue weighted by atomic mass is 10.1. The highest BCUT2D eigenvalue weighted by molar-refractivity contribution is 9.08. The van der Waals surface area contributed by atoms with Gasteiger partial charge in [-0.2, -0.15) is 0 Å². The molecule has 1 aromatic heterocycles. The summed E-state index contributed by atoms with van der Waals surface area (Å²) in [6.07, 6.45) is 1.10. The minimum Gasteiger partial charge on any atom is -0.143 e. The van der Waals surface area contributed by atoms with Crippen LogP contribution in [-0.2, 0) is 11.8 Å². The van der Waals surface area contributed by atoms with Crippen LogP contribution in [0.25, 0.3) is 10.1 Å². The molecule has 0 spiro atoms. The first kappa shape index (κ1) is 10.5. The zero-order valence-electron chi connectivity index (χ0n) is 7.88. The molecule has 0 fully saturated rings. The van der Waals surface area contributed by atoms with Crippen LogP contribution >= 0.6 is 39.9 Å². The Morgan fingerprint density at radius 3 is 2.79 bits per heavy atom. The topological polar surface area (TPSA) is 0 Å². The van der Waals surface area contributed by atoms with Crippen molar-refractivity contribution in [1.82, 2.24) is 0 Å². The van der Waals surface area contributed by atoms with Crippen LogP contribution in [0, 0.1) is 0 Å². The number of alkyl halides is 1. The summed E-state index contributed by atoms with van der Waals surface area (Å²) in [5.41, 5.74) is 2.78. The van der Waals surface area contributed by atoms with Crippen LogP contribution in [0.2, 0.25) is 0 Å². The molecule has 0 aliphatic carbocycles. The van der Waals surface area contributed by atoms with Gasteiger partial charge in [-0.15, -0.1) is 24.0 Å². The molecule has 0 radical (unpaired) electrons. The predicted octanol–water partition coefficient (Wildman–Crippen LogP) is 4.65. The summed E-state index contributed by atoms with van der Waals surface area (Å²) >= 11 is 9.78. The van der Waals surface area contributed by atoms with Gasteiger partial charge in [-0.1, -0.05) is 22.9 Å². The van der Waals surface area contributed by atoms with Gasteiger partial charge < -0.3 is 0 Å². The molecular weight excluding hydrogens is 276 g/mol. The Hall–Kier alpha value is 0.01000. The second-order valence-electron chi connectivity index (χ2n) is 3.23. The minimum absolute atomic E-state index is 0.904. The third kappa shape index (κ3) is 1.73. The number of hydrogen-bond donors (Lipinski definition) is 1. The van der Waals surface area contributed by atoms with Crippen LogP contribution in [0.5, 0.6) is 0 Å². The molecule has 0 bridgehead atoms. The average molecular weight is 287 g/mol. The average Bonchev–Trinajstić information content (AvgIpc) is 2.59. The maximum absolute atomic E-state index is 4.43. The third-order valence-electron chi connectivity index (χ3n) is 2.34. The van der Waals surface area contributed by atoms with Gasteiger partial charge in [-0.05, 0) is 40.4 Å². The van der Waals surface area contributed by atoms with E-state index in [1.54, 1.807) is 0 Å². The van der Waals surface area contributed by atoms with Crippen LogP contribution in [0.3, 0.4) is 0 Å². The van der Waals surface area contributed by atoms with Crippen LogP contribution in [0.15, 0.2) is 22.4 Å². The van der Waals surface area contributed by atoms with E-state index >= 15 is 0 Å². The van der Waals surface area contributed by atoms with E-state index < -0.39 is 0 Å². The largest absolute Gasteiger partial charge is 0.143 e. The smallest absolute Gasteiger partial charge is 0.0386 e. The van der Waals surface area contributed by atoms with E-state index in [1.165, 1.54) is 21.2 Å². The van der Waals surface area contributed by atoms with Crippen molar-refractivity contribution in [1.29, 1.82) is 0 Å². The van der Waals surface area contributed by atoms with E-state index in [0.717, 1.165) is 16.6 Å². The summed E-state index contributed by atoms with van der Waals surface area (Å²) in [6.45, 7) is 2.19. The molecule has 3 heteroatoms. The normalized spacial score (nSPS) is 11.1. The highest BCUT2D eigenvalue weighted by atomic mass is 79.9. The summed E-state index contributed by atoms with van der Waals surface area (Å²) in [4.78, 5) is 1.06. The molecule has 0 N–H and O–H groups in total. The van der Waals surface area contributed by atoms with Gasteiger partial charge in [0, 0.05) is 14.9 Å². The first-order chi connectivity index (χ1) is 6.76. The Kier molecular flexibility index (Phi) is 3.20. The van der Waals surface area contributed by atoms with Crippen molar-refractivity contribution in [3.63, 3.8) is 0 Å². The lowest BCUT2D eigenvalue weighted by molar-refractivity contribution is 1.17. The van der Waals surface area contributed by atoms with Gasteiger partial charge in [0.05, 0.1) is 0 Å². The number of fused-ring (bicyclic) bond motifs is 1. The van der Waals surface area contributed by atoms with Crippen molar-refractivity contribution >= 4 is 50.0 Å². The zero-order valence-corrected chi connectivity index (χ0v) is 11.2. The molecule has 1 heterocycles. The van der Waals surface area contributed by atoms with E-state index in [1.807, 2.05) is 11.3 Å². The van der Waals surface area contributed by atoms with Crippen molar-refractivity contribution in [3.8, 4) is 0 Å². The first-order valence-corrected chi connectivity index (χ1v) is 6.99. The molecule has 0 nitrogen and oxygen atoms in total. The summed E-state index contributed by atoms with van der Waals surface area (Å²) < 4.78 is 1.40. The lowest BCUT2D eigenvalue weighted by Gasteiger charge is -2.01. The highest BCUT2D eigenvalue weighted by Gasteiger charge is 2.07. The highest BCUT2D eigenvalue weighted by Crippen LogP contribution is 2.32. The number of rotatable bonds is 2. The fraction of sp³-hybridized carbons (Fsp3) is 0.273. The SMILES string of the molecule is CCc1csc2c(CBr)cc(S)cc12. The number of benzene rings is 1. The van der Waals surface area contributed by atoms with Gasteiger partial charge >= 0.3 is 0 Å². The maximum atomic E-state index is 4.43. The first-order valence-electron chi connectivity index (χ1n) is 4.54. The Balaban J connectivity index is 2.76. The Morgan fingerprint density at radius 2 is 2.14 bits per heavy atom. The second-order valence-corrected chi connectivity index (χ2v) is 5.19. The molecule has 2 rings (SSSR count). The van der Waals surface area contributed by atoms with E-state index in [4.69, 9.17) is 0 Å². The van der Waals surface area contributed by atoms with Crippen molar-refractivity contribution in [3.05, 3.63) is 28.6 Å². The molecule has 0 saturated carbocycles. The quantitative estimate of drug-likeness (QED) is 0.603. The Bertz CT molecular complexity index is 460. The molecule has 0 saturated heterocycles. The summed E-state index contributed by atoms with van der Waals surface area (Å²) in [6, 6.07) is 4.30. The number of aryl methyl sites for hydroxylation is 1. The summed E-state index contributed by atoms with van der Waals surface area (Å²) in [5.74, 6) is 0. The van der Waals surface area contributed by atoms with Crippen molar-refractivity contribution < 1.29 is 0 Å². The molecule has 0 amide bonds. The Labute approximate surface area is 102 Å². The minimum atomic E-state index is 0.904. The molecule has 14 heavy (non-hydrogen) atoms. The van der Waals surface area contributed by atoms with E-state index in [2.05, 4.69) is 53.0 Å². The molecule has 74 valence electrons. The molecular formula is C11H11BrS2. The van der Waals surface area contributed by atoms with Crippen molar-refractivity contribution in [2.45, 2.75) is 23.6 Å². The molecule has 0 unspecified atom stereocenters. The number of thiol groups is 1. The van der Waals surface area contributed by atoms with Gasteiger partial charge in [-0.3, -0.25) is 0 Å². The van der Waals surface area contributed by atoms with Crippen LogP contribution in [0.4, 0.5) is 0 Å². The van der Waals surface area contributed by atoms with Crippen molar-refractivity contribution in [2.24, 2.45) is 0 Å². The fourth-order valence-electron chi connectivity index (χ4n) is 1.62. The maximum Gasteiger partial charge on any atom is 0.0386 e. The van der Waals surface area contributed by atoms with Gasteiger partial charge in [0.25, 0.3) is 0 Å². The number of halogens is 1. The third-order valence-corrected chi connectivity index (χ3v) is 4.32. The molecule has 0 atom stereocenters. The molecule has 2 aromatic rings. The van der Waals surface area contributed by atoms with E-state index in [0.29, 0.717) is 0 Å².